The molecule has 2 rings (SSSR count). The highest BCUT2D eigenvalue weighted by molar-refractivity contribution is 7.89. The Kier molecular flexibility index (Phi) is 3.37. The molecule has 0 aromatic heterocycles. The number of benzene rings is 1. The summed E-state index contributed by atoms with van der Waals surface area (Å²) in [4.78, 5) is 2.36. The first kappa shape index (κ1) is 12.3. The van der Waals surface area contributed by atoms with Crippen molar-refractivity contribution in [2.45, 2.75) is 23.8 Å². The quantitative estimate of drug-likeness (QED) is 0.811. The van der Waals surface area contributed by atoms with E-state index < -0.39 is 10.0 Å². The van der Waals surface area contributed by atoms with Gasteiger partial charge in [0.05, 0.1) is 4.90 Å². The third kappa shape index (κ3) is 2.59. The molecule has 1 aromatic carbocycles. The molecule has 17 heavy (non-hydrogen) atoms. The van der Waals surface area contributed by atoms with Gasteiger partial charge in [-0.05, 0) is 37.1 Å². The fourth-order valence-electron chi connectivity index (χ4n) is 2.25. The number of anilines is 1. The summed E-state index contributed by atoms with van der Waals surface area (Å²) in [5.74, 6) is 0. The summed E-state index contributed by atoms with van der Waals surface area (Å²) in [6.45, 7) is 1.59. The summed E-state index contributed by atoms with van der Waals surface area (Å²) in [6.07, 6.45) is 2.21. The normalized spacial score (nSPS) is 20.8. The van der Waals surface area contributed by atoms with E-state index in [4.69, 9.17) is 10.9 Å². The molecule has 0 radical (unpaired) electrons. The summed E-state index contributed by atoms with van der Waals surface area (Å²) in [5.41, 5.74) is 6.71. The summed E-state index contributed by atoms with van der Waals surface area (Å²) in [7, 11) is -3.61. The monoisotopic (exact) mass is 255 g/mol. The lowest BCUT2D eigenvalue weighted by Gasteiger charge is -2.25. The van der Waals surface area contributed by atoms with Gasteiger partial charge in [-0.3, -0.25) is 0 Å². The first-order valence-corrected chi connectivity index (χ1v) is 7.16. The largest absolute Gasteiger partial charge is 0.367 e. The summed E-state index contributed by atoms with van der Waals surface area (Å²) in [5, 5.41) is 5.05. The molecular weight excluding hydrogens is 238 g/mol. The van der Waals surface area contributed by atoms with Crippen LogP contribution in [0.1, 0.15) is 12.8 Å². The van der Waals surface area contributed by atoms with Crippen molar-refractivity contribution in [3.63, 3.8) is 0 Å². The molecule has 1 atom stereocenters. The maximum absolute atomic E-state index is 11.1. The van der Waals surface area contributed by atoms with Crippen LogP contribution in [0.5, 0.6) is 0 Å². The predicted molar refractivity (Wildman–Crippen MR) is 67.2 cm³/mol. The number of hydrogen-bond acceptors (Lipinski definition) is 4. The molecule has 0 saturated carbocycles. The Hall–Kier alpha value is -1.11. The van der Waals surface area contributed by atoms with E-state index in [1.165, 1.54) is 12.1 Å². The highest BCUT2D eigenvalue weighted by atomic mass is 32.2. The van der Waals surface area contributed by atoms with Crippen molar-refractivity contribution in [3.8, 4) is 0 Å². The van der Waals surface area contributed by atoms with Crippen LogP contribution in [0.3, 0.4) is 0 Å². The minimum absolute atomic E-state index is 0.143. The maximum Gasteiger partial charge on any atom is 0.238 e. The standard InChI is InChI=1S/C11H17N3O2S/c12-8-10-2-1-7-14(10)9-3-5-11(6-4-9)17(13,15)16/h3-6,10H,1-2,7-8,12H2,(H2,13,15,16). The van der Waals surface area contributed by atoms with Gasteiger partial charge in [-0.25, -0.2) is 13.6 Å². The number of hydrogen-bond donors (Lipinski definition) is 2. The van der Waals surface area contributed by atoms with Gasteiger partial charge in [0.1, 0.15) is 0 Å². The van der Waals surface area contributed by atoms with E-state index in [0.29, 0.717) is 12.6 Å². The number of sulfonamides is 1. The van der Waals surface area contributed by atoms with Crippen molar-refractivity contribution < 1.29 is 8.42 Å². The summed E-state index contributed by atoms with van der Waals surface area (Å²) >= 11 is 0. The molecule has 1 aromatic rings. The second-order valence-corrected chi connectivity index (χ2v) is 5.83. The fourth-order valence-corrected chi connectivity index (χ4v) is 2.76. The van der Waals surface area contributed by atoms with Gasteiger partial charge in [0, 0.05) is 24.8 Å². The number of rotatable bonds is 3. The zero-order valence-corrected chi connectivity index (χ0v) is 10.4. The third-order valence-corrected chi connectivity index (χ3v) is 4.08. The lowest BCUT2D eigenvalue weighted by molar-refractivity contribution is 0.598. The van der Waals surface area contributed by atoms with Crippen molar-refractivity contribution in [1.82, 2.24) is 0 Å². The molecule has 0 bridgehead atoms. The Morgan fingerprint density at radius 3 is 2.47 bits per heavy atom. The van der Waals surface area contributed by atoms with Crippen molar-refractivity contribution in [3.05, 3.63) is 24.3 Å². The van der Waals surface area contributed by atoms with Crippen LogP contribution in [0, 0.1) is 0 Å². The molecule has 0 aliphatic carbocycles. The number of nitrogens with zero attached hydrogens (tertiary/aromatic N) is 1. The van der Waals surface area contributed by atoms with Crippen LogP contribution in [0.2, 0.25) is 0 Å². The van der Waals surface area contributed by atoms with E-state index in [0.717, 1.165) is 25.1 Å². The zero-order chi connectivity index (χ0) is 12.5. The summed E-state index contributed by atoms with van der Waals surface area (Å²) in [6, 6.07) is 7.00. The van der Waals surface area contributed by atoms with Gasteiger partial charge in [-0.1, -0.05) is 0 Å². The third-order valence-electron chi connectivity index (χ3n) is 3.15. The Morgan fingerprint density at radius 2 is 1.94 bits per heavy atom. The highest BCUT2D eigenvalue weighted by Crippen LogP contribution is 2.25. The van der Waals surface area contributed by atoms with Gasteiger partial charge in [0.25, 0.3) is 0 Å². The molecule has 1 aliphatic heterocycles. The number of primary sulfonamides is 1. The first-order valence-electron chi connectivity index (χ1n) is 5.62. The molecule has 0 spiro atoms. The second kappa shape index (κ2) is 4.64. The average Bonchev–Trinajstić information content (AvgIpc) is 2.76. The molecular formula is C11H17N3O2S. The lowest BCUT2D eigenvalue weighted by atomic mass is 10.2. The predicted octanol–water partition coefficient (Wildman–Crippen LogP) is 0.262. The Morgan fingerprint density at radius 1 is 1.29 bits per heavy atom. The van der Waals surface area contributed by atoms with Gasteiger partial charge in [-0.15, -0.1) is 0 Å². The molecule has 0 amide bonds. The fraction of sp³-hybridized carbons (Fsp3) is 0.455. The van der Waals surface area contributed by atoms with Gasteiger partial charge in [0.15, 0.2) is 0 Å². The molecule has 1 aliphatic rings. The minimum atomic E-state index is -3.61. The van der Waals surface area contributed by atoms with Crippen LogP contribution in [0.15, 0.2) is 29.2 Å². The second-order valence-electron chi connectivity index (χ2n) is 4.26. The van der Waals surface area contributed by atoms with E-state index in [9.17, 15) is 8.42 Å². The van der Waals surface area contributed by atoms with Crippen LogP contribution in [0.25, 0.3) is 0 Å². The van der Waals surface area contributed by atoms with Crippen LogP contribution < -0.4 is 15.8 Å². The highest BCUT2D eigenvalue weighted by Gasteiger charge is 2.23. The van der Waals surface area contributed by atoms with Gasteiger partial charge in [-0.2, -0.15) is 0 Å². The van der Waals surface area contributed by atoms with E-state index >= 15 is 0 Å². The van der Waals surface area contributed by atoms with Gasteiger partial charge in [0.2, 0.25) is 10.0 Å². The van der Waals surface area contributed by atoms with E-state index in [1.54, 1.807) is 12.1 Å². The van der Waals surface area contributed by atoms with E-state index in [-0.39, 0.29) is 4.90 Å². The molecule has 6 heteroatoms. The van der Waals surface area contributed by atoms with Gasteiger partial charge < -0.3 is 10.6 Å². The van der Waals surface area contributed by atoms with Crippen LogP contribution in [-0.4, -0.2) is 27.5 Å². The topological polar surface area (TPSA) is 89.4 Å². The average molecular weight is 255 g/mol. The first-order chi connectivity index (χ1) is 8.02. The minimum Gasteiger partial charge on any atom is -0.367 e. The van der Waals surface area contributed by atoms with Crippen LogP contribution in [0.4, 0.5) is 5.69 Å². The van der Waals surface area contributed by atoms with E-state index in [1.807, 2.05) is 0 Å². The maximum atomic E-state index is 11.1. The molecule has 94 valence electrons. The molecule has 1 unspecified atom stereocenters. The smallest absolute Gasteiger partial charge is 0.238 e. The van der Waals surface area contributed by atoms with Crippen LogP contribution in [-0.2, 0) is 10.0 Å². The van der Waals surface area contributed by atoms with Crippen molar-refractivity contribution in [2.24, 2.45) is 10.9 Å². The Labute approximate surface area is 101 Å². The number of nitrogens with two attached hydrogens (primary N) is 2. The Balaban J connectivity index is 2.24. The van der Waals surface area contributed by atoms with E-state index in [2.05, 4.69) is 4.90 Å². The molecule has 4 N–H and O–H groups in total. The van der Waals surface area contributed by atoms with Crippen molar-refractivity contribution in [1.29, 1.82) is 0 Å². The molecule has 1 heterocycles. The van der Waals surface area contributed by atoms with Crippen molar-refractivity contribution in [2.75, 3.05) is 18.0 Å². The van der Waals surface area contributed by atoms with Gasteiger partial charge >= 0.3 is 0 Å². The molecule has 1 fully saturated rings. The zero-order valence-electron chi connectivity index (χ0n) is 9.54. The van der Waals surface area contributed by atoms with Crippen LogP contribution >= 0.6 is 0 Å². The summed E-state index contributed by atoms with van der Waals surface area (Å²) < 4.78 is 22.3. The lowest BCUT2D eigenvalue weighted by Crippen LogP contribution is -2.35. The molecule has 5 nitrogen and oxygen atoms in total. The van der Waals surface area contributed by atoms with Crippen molar-refractivity contribution >= 4 is 15.7 Å². The SMILES string of the molecule is NCC1CCCN1c1ccc(S(N)(=O)=O)cc1. The molecule has 1 saturated heterocycles. The Bertz CT molecular complexity index is 484.